The fourth-order valence-corrected chi connectivity index (χ4v) is 1.84. The van der Waals surface area contributed by atoms with Crippen LogP contribution in [0.4, 0.5) is 5.88 Å². The van der Waals surface area contributed by atoms with Crippen LogP contribution in [-0.2, 0) is 0 Å². The minimum absolute atomic E-state index is 0.209. The van der Waals surface area contributed by atoms with Gasteiger partial charge in [-0.1, -0.05) is 16.8 Å². The number of anilines is 1. The molecule has 0 aliphatic heterocycles. The van der Waals surface area contributed by atoms with Crippen molar-refractivity contribution >= 4 is 17.5 Å². The average molecular weight is 255 g/mol. The van der Waals surface area contributed by atoms with Crippen LogP contribution in [-0.4, -0.2) is 19.4 Å². The third-order valence-corrected chi connectivity index (χ3v) is 2.67. The number of halogens is 1. The number of nitrogens with two attached hydrogens (primary N) is 1. The number of benzene rings is 1. The summed E-state index contributed by atoms with van der Waals surface area (Å²) >= 11 is 6.21. The van der Waals surface area contributed by atoms with Crippen LogP contribution in [0, 0.1) is 0 Å². The molecule has 0 saturated carbocycles. The lowest BCUT2D eigenvalue weighted by Crippen LogP contribution is -1.92. The van der Waals surface area contributed by atoms with Crippen molar-refractivity contribution in [3.63, 3.8) is 0 Å². The molecule has 0 unspecified atom stereocenters. The Kier molecular flexibility index (Phi) is 3.10. The molecule has 0 atom stereocenters. The zero-order chi connectivity index (χ0) is 12.4. The van der Waals surface area contributed by atoms with Crippen molar-refractivity contribution in [2.24, 2.45) is 0 Å². The smallest absolute Gasteiger partial charge is 0.222 e. The van der Waals surface area contributed by atoms with Crippen molar-refractivity contribution < 1.29 is 14.0 Å². The molecule has 0 bridgehead atoms. The Balaban J connectivity index is 2.64. The van der Waals surface area contributed by atoms with E-state index in [9.17, 15) is 0 Å². The maximum absolute atomic E-state index is 6.21. The Morgan fingerprint density at radius 2 is 1.88 bits per heavy atom. The third-order valence-electron chi connectivity index (χ3n) is 2.29. The Hall–Kier alpha value is -1.88. The van der Waals surface area contributed by atoms with Gasteiger partial charge in [-0.15, -0.1) is 0 Å². The molecular formula is C11H11ClN2O3. The summed E-state index contributed by atoms with van der Waals surface area (Å²) in [5.74, 6) is 1.31. The average Bonchev–Trinajstić information content (AvgIpc) is 2.75. The minimum Gasteiger partial charge on any atom is -0.496 e. The summed E-state index contributed by atoms with van der Waals surface area (Å²) in [6.45, 7) is 0. The van der Waals surface area contributed by atoms with E-state index in [0.717, 1.165) is 0 Å². The molecule has 2 rings (SSSR count). The van der Waals surface area contributed by atoms with Gasteiger partial charge >= 0.3 is 0 Å². The van der Waals surface area contributed by atoms with Crippen LogP contribution in [0.5, 0.6) is 11.5 Å². The first-order valence-corrected chi connectivity index (χ1v) is 5.18. The molecule has 5 nitrogen and oxygen atoms in total. The summed E-state index contributed by atoms with van der Waals surface area (Å²) in [4.78, 5) is 0. The number of nitrogen functional groups attached to an aromatic ring is 1. The highest BCUT2D eigenvalue weighted by molar-refractivity contribution is 6.35. The summed E-state index contributed by atoms with van der Waals surface area (Å²) in [7, 11) is 3.08. The number of nitrogens with zero attached hydrogens (tertiary/aromatic N) is 1. The largest absolute Gasteiger partial charge is 0.496 e. The zero-order valence-electron chi connectivity index (χ0n) is 9.36. The number of hydrogen-bond donors (Lipinski definition) is 1. The molecule has 0 spiro atoms. The molecule has 1 aromatic carbocycles. The molecule has 2 N–H and O–H groups in total. The molecule has 0 fully saturated rings. The number of methoxy groups -OCH3 is 2. The second-order valence-electron chi connectivity index (χ2n) is 3.27. The molecule has 0 radical (unpaired) electrons. The Bertz CT molecular complexity index is 540. The summed E-state index contributed by atoms with van der Waals surface area (Å²) in [6.07, 6.45) is 0. The van der Waals surface area contributed by atoms with Gasteiger partial charge in [0.05, 0.1) is 24.8 Å². The fourth-order valence-electron chi connectivity index (χ4n) is 1.51. The summed E-state index contributed by atoms with van der Waals surface area (Å²) in [5, 5.41) is 4.21. The molecule has 0 aliphatic rings. The predicted octanol–water partition coefficient (Wildman–Crippen LogP) is 2.59. The van der Waals surface area contributed by atoms with Gasteiger partial charge in [-0.05, 0) is 12.1 Å². The van der Waals surface area contributed by atoms with E-state index in [4.69, 9.17) is 31.3 Å². The van der Waals surface area contributed by atoms with Crippen molar-refractivity contribution in [2.45, 2.75) is 0 Å². The Morgan fingerprint density at radius 3 is 2.41 bits per heavy atom. The van der Waals surface area contributed by atoms with Crippen molar-refractivity contribution in [1.82, 2.24) is 5.16 Å². The molecule has 1 aromatic heterocycles. The summed E-state index contributed by atoms with van der Waals surface area (Å²) in [5.41, 5.74) is 6.58. The van der Waals surface area contributed by atoms with E-state index >= 15 is 0 Å². The van der Waals surface area contributed by atoms with Gasteiger partial charge in [0.2, 0.25) is 5.88 Å². The van der Waals surface area contributed by atoms with Gasteiger partial charge in [-0.25, -0.2) is 0 Å². The maximum Gasteiger partial charge on any atom is 0.222 e. The van der Waals surface area contributed by atoms with Crippen molar-refractivity contribution in [1.29, 1.82) is 0 Å². The quantitative estimate of drug-likeness (QED) is 0.912. The lowest BCUT2D eigenvalue weighted by molar-refractivity contribution is 0.403. The lowest BCUT2D eigenvalue weighted by atomic mass is 10.1. The minimum atomic E-state index is 0.209. The topological polar surface area (TPSA) is 70.5 Å². The highest BCUT2D eigenvalue weighted by atomic mass is 35.5. The molecule has 2 aromatic rings. The van der Waals surface area contributed by atoms with Crippen LogP contribution in [0.15, 0.2) is 22.7 Å². The fraction of sp³-hybridized carbons (Fsp3) is 0.182. The Morgan fingerprint density at radius 1 is 1.24 bits per heavy atom. The van der Waals surface area contributed by atoms with Crippen LogP contribution < -0.4 is 15.2 Å². The number of aromatic nitrogens is 1. The Labute approximate surface area is 103 Å². The molecular weight excluding hydrogens is 244 g/mol. The molecule has 0 saturated heterocycles. The molecule has 1 heterocycles. The molecule has 90 valence electrons. The van der Waals surface area contributed by atoms with Crippen molar-refractivity contribution in [3.8, 4) is 22.8 Å². The zero-order valence-corrected chi connectivity index (χ0v) is 10.1. The highest BCUT2D eigenvalue weighted by Crippen LogP contribution is 2.41. The summed E-state index contributed by atoms with van der Waals surface area (Å²) in [6, 6.07) is 5.03. The van der Waals surface area contributed by atoms with Crippen LogP contribution in [0.2, 0.25) is 5.02 Å². The van der Waals surface area contributed by atoms with E-state index < -0.39 is 0 Å². The maximum atomic E-state index is 6.21. The normalized spacial score (nSPS) is 10.3. The monoisotopic (exact) mass is 254 g/mol. The van der Waals surface area contributed by atoms with Crippen molar-refractivity contribution in [3.05, 3.63) is 23.2 Å². The van der Waals surface area contributed by atoms with Crippen molar-refractivity contribution in [2.75, 3.05) is 20.0 Å². The second-order valence-corrected chi connectivity index (χ2v) is 3.65. The van der Waals surface area contributed by atoms with Crippen LogP contribution >= 0.6 is 11.6 Å². The molecule has 6 heteroatoms. The first-order chi connectivity index (χ1) is 8.17. The van der Waals surface area contributed by atoms with Gasteiger partial charge in [0, 0.05) is 6.07 Å². The van der Waals surface area contributed by atoms with Gasteiger partial charge < -0.3 is 19.7 Å². The number of hydrogen-bond acceptors (Lipinski definition) is 5. The van der Waals surface area contributed by atoms with Gasteiger partial charge in [0.15, 0.2) is 0 Å². The third kappa shape index (κ3) is 2.01. The van der Waals surface area contributed by atoms with E-state index in [-0.39, 0.29) is 5.88 Å². The van der Waals surface area contributed by atoms with Crippen LogP contribution in [0.25, 0.3) is 11.3 Å². The van der Waals surface area contributed by atoms with E-state index in [0.29, 0.717) is 27.8 Å². The van der Waals surface area contributed by atoms with Gasteiger partial charge in [0.25, 0.3) is 0 Å². The molecule has 0 aliphatic carbocycles. The van der Waals surface area contributed by atoms with Gasteiger partial charge in [-0.2, -0.15) is 0 Å². The second kappa shape index (κ2) is 4.55. The number of ether oxygens (including phenoxy) is 2. The SMILES string of the molecule is COc1ccc(OC)c(-c2cc(N)on2)c1Cl. The van der Waals surface area contributed by atoms with E-state index in [1.165, 1.54) is 7.11 Å². The lowest BCUT2D eigenvalue weighted by Gasteiger charge is -2.10. The predicted molar refractivity (Wildman–Crippen MR) is 64.5 cm³/mol. The number of rotatable bonds is 3. The first kappa shape index (κ1) is 11.6. The molecule has 0 amide bonds. The van der Waals surface area contributed by atoms with Gasteiger partial charge in [0.1, 0.15) is 17.2 Å². The summed E-state index contributed by atoms with van der Waals surface area (Å²) < 4.78 is 15.2. The van der Waals surface area contributed by atoms with Crippen LogP contribution in [0.1, 0.15) is 0 Å². The van der Waals surface area contributed by atoms with E-state index in [2.05, 4.69) is 5.16 Å². The van der Waals surface area contributed by atoms with E-state index in [1.54, 1.807) is 25.3 Å². The van der Waals surface area contributed by atoms with Gasteiger partial charge in [-0.3, -0.25) is 0 Å². The standard InChI is InChI=1S/C11H11ClN2O3/c1-15-7-3-4-8(16-2)11(12)10(7)6-5-9(13)17-14-6/h3-5H,13H2,1-2H3. The first-order valence-electron chi connectivity index (χ1n) is 4.80. The highest BCUT2D eigenvalue weighted by Gasteiger charge is 2.18. The van der Waals surface area contributed by atoms with E-state index in [1.807, 2.05) is 0 Å². The van der Waals surface area contributed by atoms with Crippen LogP contribution in [0.3, 0.4) is 0 Å². The molecule has 17 heavy (non-hydrogen) atoms.